The number of amides is 1. The van der Waals surface area contributed by atoms with Crippen molar-refractivity contribution in [1.29, 1.82) is 0 Å². The highest BCUT2D eigenvalue weighted by atomic mass is 16.6. The summed E-state index contributed by atoms with van der Waals surface area (Å²) in [6.07, 6.45) is 0.466. The lowest BCUT2D eigenvalue weighted by Gasteiger charge is -2.27. The summed E-state index contributed by atoms with van der Waals surface area (Å²) < 4.78 is 10.8. The van der Waals surface area contributed by atoms with E-state index in [1.54, 1.807) is 7.11 Å². The molecule has 6 heteroatoms. The van der Waals surface area contributed by atoms with Crippen LogP contribution in [0.1, 0.15) is 26.3 Å². The second-order valence-electron chi connectivity index (χ2n) is 7.00. The SMILES string of the molecule is COc1cc(NC(=O)OC(C)(C)C)ccc1CCN1CCNCC1. The van der Waals surface area contributed by atoms with E-state index in [0.717, 1.165) is 50.5 Å². The van der Waals surface area contributed by atoms with Crippen LogP contribution in [0.2, 0.25) is 0 Å². The average Bonchev–Trinajstić information content (AvgIpc) is 2.52. The molecule has 1 aromatic carbocycles. The Morgan fingerprint density at radius 1 is 1.29 bits per heavy atom. The molecule has 2 rings (SSSR count). The Morgan fingerprint density at radius 2 is 2.00 bits per heavy atom. The second-order valence-corrected chi connectivity index (χ2v) is 7.00. The number of ether oxygens (including phenoxy) is 2. The molecular formula is C18H29N3O3. The summed E-state index contributed by atoms with van der Waals surface area (Å²) in [6.45, 7) is 10.8. The molecule has 1 heterocycles. The fourth-order valence-corrected chi connectivity index (χ4v) is 2.66. The van der Waals surface area contributed by atoms with Gasteiger partial charge in [-0.1, -0.05) is 6.07 Å². The number of rotatable bonds is 5. The fraction of sp³-hybridized carbons (Fsp3) is 0.611. The molecule has 0 aliphatic carbocycles. The van der Waals surface area contributed by atoms with Crippen molar-refractivity contribution in [3.63, 3.8) is 0 Å². The minimum atomic E-state index is -0.516. The number of nitrogens with zero attached hydrogens (tertiary/aromatic N) is 1. The van der Waals surface area contributed by atoms with E-state index in [9.17, 15) is 4.79 Å². The number of anilines is 1. The lowest BCUT2D eigenvalue weighted by molar-refractivity contribution is 0.0636. The number of nitrogens with one attached hydrogen (secondary N) is 2. The highest BCUT2D eigenvalue weighted by molar-refractivity contribution is 5.85. The van der Waals surface area contributed by atoms with Crippen molar-refractivity contribution in [2.24, 2.45) is 0 Å². The van der Waals surface area contributed by atoms with E-state index in [1.165, 1.54) is 0 Å². The molecule has 0 atom stereocenters. The number of hydrogen-bond donors (Lipinski definition) is 2. The lowest BCUT2D eigenvalue weighted by atomic mass is 10.1. The van der Waals surface area contributed by atoms with E-state index in [1.807, 2.05) is 39.0 Å². The molecule has 0 saturated carbocycles. The molecule has 1 aliphatic rings. The number of methoxy groups -OCH3 is 1. The minimum absolute atomic E-state index is 0.460. The molecule has 24 heavy (non-hydrogen) atoms. The summed E-state index contributed by atoms with van der Waals surface area (Å²) in [5.41, 5.74) is 1.30. The van der Waals surface area contributed by atoms with Gasteiger partial charge >= 0.3 is 6.09 Å². The van der Waals surface area contributed by atoms with Gasteiger partial charge in [-0.25, -0.2) is 4.79 Å². The van der Waals surface area contributed by atoms with Crippen LogP contribution >= 0.6 is 0 Å². The topological polar surface area (TPSA) is 62.8 Å². The number of carbonyl (C=O) groups is 1. The first-order valence-corrected chi connectivity index (χ1v) is 8.47. The first-order chi connectivity index (χ1) is 11.4. The molecule has 1 aromatic rings. The van der Waals surface area contributed by atoms with Crippen molar-refractivity contribution < 1.29 is 14.3 Å². The van der Waals surface area contributed by atoms with Crippen LogP contribution in [0.25, 0.3) is 0 Å². The number of hydrogen-bond acceptors (Lipinski definition) is 5. The minimum Gasteiger partial charge on any atom is -0.496 e. The van der Waals surface area contributed by atoms with Gasteiger partial charge < -0.3 is 19.7 Å². The zero-order chi connectivity index (χ0) is 17.6. The van der Waals surface area contributed by atoms with Crippen molar-refractivity contribution in [2.45, 2.75) is 32.8 Å². The number of carbonyl (C=O) groups excluding carboxylic acids is 1. The Labute approximate surface area is 144 Å². The smallest absolute Gasteiger partial charge is 0.412 e. The first kappa shape index (κ1) is 18.5. The standard InChI is InChI=1S/C18H29N3O3/c1-18(2,3)24-17(22)20-15-6-5-14(16(13-15)23-4)7-10-21-11-8-19-9-12-21/h5-6,13,19H,7-12H2,1-4H3,(H,20,22). The second kappa shape index (κ2) is 8.35. The number of benzene rings is 1. The van der Waals surface area contributed by atoms with Gasteiger partial charge in [0.1, 0.15) is 11.4 Å². The highest BCUT2D eigenvalue weighted by Gasteiger charge is 2.17. The summed E-state index contributed by atoms with van der Waals surface area (Å²) >= 11 is 0. The third-order valence-electron chi connectivity index (χ3n) is 3.84. The van der Waals surface area contributed by atoms with Gasteiger partial charge in [-0.3, -0.25) is 5.32 Å². The monoisotopic (exact) mass is 335 g/mol. The van der Waals surface area contributed by atoms with E-state index in [-0.39, 0.29) is 0 Å². The predicted molar refractivity (Wildman–Crippen MR) is 95.9 cm³/mol. The Kier molecular flexibility index (Phi) is 6.45. The van der Waals surface area contributed by atoms with Crippen LogP contribution in [0, 0.1) is 0 Å². The van der Waals surface area contributed by atoms with Crippen LogP contribution in [0.15, 0.2) is 18.2 Å². The van der Waals surface area contributed by atoms with E-state index >= 15 is 0 Å². The van der Waals surface area contributed by atoms with Gasteiger partial charge in [-0.15, -0.1) is 0 Å². The maximum absolute atomic E-state index is 11.9. The van der Waals surface area contributed by atoms with Crippen molar-refractivity contribution in [3.8, 4) is 5.75 Å². The summed E-state index contributed by atoms with van der Waals surface area (Å²) in [5, 5.41) is 6.10. The van der Waals surface area contributed by atoms with Crippen LogP contribution < -0.4 is 15.4 Å². The molecule has 1 amide bonds. The maximum atomic E-state index is 11.9. The fourth-order valence-electron chi connectivity index (χ4n) is 2.66. The molecule has 1 aliphatic heterocycles. The Bertz CT molecular complexity index is 549. The zero-order valence-corrected chi connectivity index (χ0v) is 15.1. The normalized spacial score (nSPS) is 15.8. The molecule has 1 fully saturated rings. The largest absolute Gasteiger partial charge is 0.496 e. The summed E-state index contributed by atoms with van der Waals surface area (Å²) in [7, 11) is 1.65. The van der Waals surface area contributed by atoms with Gasteiger partial charge in [0.15, 0.2) is 0 Å². The summed E-state index contributed by atoms with van der Waals surface area (Å²) in [5.74, 6) is 0.790. The van der Waals surface area contributed by atoms with Gasteiger partial charge in [0.05, 0.1) is 7.11 Å². The molecule has 0 unspecified atom stereocenters. The van der Waals surface area contributed by atoms with E-state index in [2.05, 4.69) is 15.5 Å². The molecule has 6 nitrogen and oxygen atoms in total. The Morgan fingerprint density at radius 3 is 2.62 bits per heavy atom. The van der Waals surface area contributed by atoms with E-state index in [4.69, 9.17) is 9.47 Å². The van der Waals surface area contributed by atoms with Crippen LogP contribution in [0.3, 0.4) is 0 Å². The third kappa shape index (κ3) is 6.02. The van der Waals surface area contributed by atoms with E-state index in [0.29, 0.717) is 5.69 Å². The molecule has 2 N–H and O–H groups in total. The Hall–Kier alpha value is -1.79. The highest BCUT2D eigenvalue weighted by Crippen LogP contribution is 2.24. The Balaban J connectivity index is 1.95. The molecular weight excluding hydrogens is 306 g/mol. The zero-order valence-electron chi connectivity index (χ0n) is 15.1. The van der Waals surface area contributed by atoms with Crippen LogP contribution in [-0.4, -0.2) is 56.4 Å². The van der Waals surface area contributed by atoms with Crippen molar-refractivity contribution in [1.82, 2.24) is 10.2 Å². The van der Waals surface area contributed by atoms with Crippen molar-refractivity contribution in [2.75, 3.05) is 45.2 Å². The molecule has 134 valence electrons. The quantitative estimate of drug-likeness (QED) is 0.866. The van der Waals surface area contributed by atoms with Gasteiger partial charge in [-0.2, -0.15) is 0 Å². The van der Waals surface area contributed by atoms with Crippen LogP contribution in [-0.2, 0) is 11.2 Å². The molecule has 0 spiro atoms. The molecule has 0 radical (unpaired) electrons. The van der Waals surface area contributed by atoms with Crippen LogP contribution in [0.4, 0.5) is 10.5 Å². The van der Waals surface area contributed by atoms with Crippen LogP contribution in [0.5, 0.6) is 5.75 Å². The maximum Gasteiger partial charge on any atom is 0.412 e. The van der Waals surface area contributed by atoms with Gasteiger partial charge in [0.2, 0.25) is 0 Å². The predicted octanol–water partition coefficient (Wildman–Crippen LogP) is 2.49. The van der Waals surface area contributed by atoms with Crippen molar-refractivity contribution >= 4 is 11.8 Å². The van der Waals surface area contributed by atoms with Gasteiger partial charge in [-0.05, 0) is 38.8 Å². The molecule has 1 saturated heterocycles. The summed E-state index contributed by atoms with van der Waals surface area (Å²) in [6, 6.07) is 5.74. The van der Waals surface area contributed by atoms with Gasteiger partial charge in [0, 0.05) is 44.5 Å². The molecule has 0 aromatic heterocycles. The average molecular weight is 335 g/mol. The van der Waals surface area contributed by atoms with Crippen molar-refractivity contribution in [3.05, 3.63) is 23.8 Å². The van der Waals surface area contributed by atoms with E-state index < -0.39 is 11.7 Å². The number of piperazine rings is 1. The van der Waals surface area contributed by atoms with Gasteiger partial charge in [0.25, 0.3) is 0 Å². The first-order valence-electron chi connectivity index (χ1n) is 8.47. The lowest BCUT2D eigenvalue weighted by Crippen LogP contribution is -2.44. The third-order valence-corrected chi connectivity index (χ3v) is 3.84. The molecule has 0 bridgehead atoms. The summed E-state index contributed by atoms with van der Waals surface area (Å²) in [4.78, 5) is 14.3.